The van der Waals surface area contributed by atoms with Crippen LogP contribution in [0.5, 0.6) is 11.5 Å². The van der Waals surface area contributed by atoms with Crippen LogP contribution in [0.2, 0.25) is 0 Å². The fourth-order valence-electron chi connectivity index (χ4n) is 2.89. The van der Waals surface area contributed by atoms with Gasteiger partial charge in [-0.2, -0.15) is 8.78 Å². The summed E-state index contributed by atoms with van der Waals surface area (Å²) in [6.45, 7) is -1.83. The number of anilines is 1. The maximum atomic E-state index is 12.5. The lowest BCUT2D eigenvalue weighted by Crippen LogP contribution is -2.30. The predicted molar refractivity (Wildman–Crippen MR) is 103 cm³/mol. The molecule has 0 bridgehead atoms. The van der Waals surface area contributed by atoms with Crippen molar-refractivity contribution in [2.75, 3.05) is 19.0 Å². The van der Waals surface area contributed by atoms with Gasteiger partial charge < -0.3 is 24.7 Å². The van der Waals surface area contributed by atoms with Crippen LogP contribution in [0.4, 0.5) is 19.3 Å². The molecule has 3 aromatic rings. The Bertz CT molecular complexity index is 943. The van der Waals surface area contributed by atoms with E-state index in [1.807, 2.05) is 36.5 Å². The van der Waals surface area contributed by atoms with Crippen molar-refractivity contribution in [2.45, 2.75) is 19.6 Å². The number of urea groups is 1. The summed E-state index contributed by atoms with van der Waals surface area (Å²) < 4.78 is 36.7. The Balaban J connectivity index is 1.53. The number of carbonyl (C=O) groups excluding carboxylic acids is 1. The molecule has 0 aliphatic heterocycles. The number of alkyl halides is 2. The number of hydrogen-bond acceptors (Lipinski definition) is 3. The number of aryl methyl sites for hydroxylation is 1. The van der Waals surface area contributed by atoms with Gasteiger partial charge in [0.15, 0.2) is 0 Å². The number of ether oxygens (including phenoxy) is 2. The summed E-state index contributed by atoms with van der Waals surface area (Å²) in [4.78, 5) is 12.1. The van der Waals surface area contributed by atoms with E-state index in [4.69, 9.17) is 4.74 Å². The molecule has 0 saturated carbocycles. The molecule has 0 aliphatic carbocycles. The fraction of sp³-hybridized carbons (Fsp3) is 0.250. The number of nitrogens with zero attached hydrogens (tertiary/aromatic N) is 1. The number of carbonyl (C=O) groups is 1. The lowest BCUT2D eigenvalue weighted by molar-refractivity contribution is -0.0493. The van der Waals surface area contributed by atoms with Gasteiger partial charge in [-0.3, -0.25) is 0 Å². The zero-order valence-corrected chi connectivity index (χ0v) is 15.3. The number of para-hydroxylation sites is 1. The highest BCUT2D eigenvalue weighted by Gasteiger charge is 2.13. The molecule has 3 rings (SSSR count). The zero-order valence-electron chi connectivity index (χ0n) is 15.3. The second-order valence-corrected chi connectivity index (χ2v) is 6.04. The molecule has 0 spiro atoms. The summed E-state index contributed by atoms with van der Waals surface area (Å²) >= 11 is 0. The highest BCUT2D eigenvalue weighted by molar-refractivity contribution is 5.91. The first-order chi connectivity index (χ1) is 13.6. The van der Waals surface area contributed by atoms with Gasteiger partial charge in [-0.25, -0.2) is 4.79 Å². The summed E-state index contributed by atoms with van der Waals surface area (Å²) in [6.07, 6.45) is 2.72. The molecule has 0 fully saturated rings. The van der Waals surface area contributed by atoms with Gasteiger partial charge in [0.1, 0.15) is 11.5 Å². The van der Waals surface area contributed by atoms with Gasteiger partial charge in [0.25, 0.3) is 0 Å². The lowest BCUT2D eigenvalue weighted by Gasteiger charge is -2.14. The van der Waals surface area contributed by atoms with Gasteiger partial charge in [0.05, 0.1) is 12.8 Å². The molecular weight excluding hydrogens is 368 g/mol. The van der Waals surface area contributed by atoms with Crippen LogP contribution in [0.15, 0.2) is 54.7 Å². The van der Waals surface area contributed by atoms with Crippen molar-refractivity contribution in [2.24, 2.45) is 0 Å². The Labute approximate surface area is 161 Å². The van der Waals surface area contributed by atoms with Crippen LogP contribution in [0.1, 0.15) is 6.42 Å². The van der Waals surface area contributed by atoms with Gasteiger partial charge in [-0.05, 0) is 36.1 Å². The predicted octanol–water partition coefficient (Wildman–Crippen LogP) is 4.46. The second kappa shape index (κ2) is 9.07. The van der Waals surface area contributed by atoms with Crippen molar-refractivity contribution in [3.05, 3.63) is 54.7 Å². The number of methoxy groups -OCH3 is 1. The van der Waals surface area contributed by atoms with Gasteiger partial charge in [0.2, 0.25) is 0 Å². The first kappa shape index (κ1) is 19.5. The van der Waals surface area contributed by atoms with E-state index in [2.05, 4.69) is 19.9 Å². The number of hydrogen-bond donors (Lipinski definition) is 2. The topological polar surface area (TPSA) is 64.5 Å². The molecule has 148 valence electrons. The van der Waals surface area contributed by atoms with Gasteiger partial charge in [-0.15, -0.1) is 0 Å². The number of amides is 2. The minimum Gasteiger partial charge on any atom is -0.497 e. The van der Waals surface area contributed by atoms with Crippen LogP contribution >= 0.6 is 0 Å². The van der Waals surface area contributed by atoms with E-state index in [1.165, 1.54) is 25.3 Å². The Morgan fingerprint density at radius 3 is 2.79 bits per heavy atom. The van der Waals surface area contributed by atoms with Crippen LogP contribution in [0, 0.1) is 0 Å². The van der Waals surface area contributed by atoms with Crippen molar-refractivity contribution in [3.63, 3.8) is 0 Å². The summed E-state index contributed by atoms with van der Waals surface area (Å²) in [7, 11) is 1.44. The molecule has 8 heteroatoms. The summed E-state index contributed by atoms with van der Waals surface area (Å²) in [6, 6.07) is 13.8. The van der Waals surface area contributed by atoms with Gasteiger partial charge in [0, 0.05) is 30.9 Å². The van der Waals surface area contributed by atoms with Crippen LogP contribution < -0.4 is 20.1 Å². The normalized spacial score (nSPS) is 10.9. The number of aromatic nitrogens is 1. The molecule has 0 radical (unpaired) electrons. The summed E-state index contributed by atoms with van der Waals surface area (Å²) in [5.74, 6) is 0.279. The SMILES string of the molecule is COc1ccc(OC(F)F)c(NC(=O)NCCCn2ccc3ccccc32)c1. The number of halogens is 2. The molecule has 1 aromatic heterocycles. The van der Waals surface area contributed by atoms with E-state index in [9.17, 15) is 13.6 Å². The second-order valence-electron chi connectivity index (χ2n) is 6.04. The highest BCUT2D eigenvalue weighted by Crippen LogP contribution is 2.30. The van der Waals surface area contributed by atoms with Crippen molar-refractivity contribution in [3.8, 4) is 11.5 Å². The fourth-order valence-corrected chi connectivity index (χ4v) is 2.89. The van der Waals surface area contributed by atoms with Crippen LogP contribution in [-0.2, 0) is 6.54 Å². The van der Waals surface area contributed by atoms with Crippen molar-refractivity contribution < 1.29 is 23.0 Å². The third-order valence-corrected chi connectivity index (χ3v) is 4.19. The standard InChI is InChI=1S/C20H21F2N3O3/c1-27-15-7-8-18(28-19(21)22)16(13-15)24-20(26)23-10-4-11-25-12-9-14-5-2-3-6-17(14)25/h2-3,5-9,12-13,19H,4,10-11H2,1H3,(H2,23,24,26). The van der Waals surface area contributed by atoms with Crippen molar-refractivity contribution in [1.29, 1.82) is 0 Å². The molecule has 0 unspecified atom stereocenters. The van der Waals surface area contributed by atoms with Gasteiger partial charge >= 0.3 is 12.6 Å². The molecule has 2 N–H and O–H groups in total. The van der Waals surface area contributed by atoms with E-state index < -0.39 is 12.6 Å². The van der Waals surface area contributed by atoms with E-state index in [1.54, 1.807) is 0 Å². The minimum absolute atomic E-state index is 0.105. The molecule has 6 nitrogen and oxygen atoms in total. The third kappa shape index (κ3) is 4.91. The molecule has 0 saturated heterocycles. The molecule has 0 atom stereocenters. The first-order valence-electron chi connectivity index (χ1n) is 8.78. The molecular formula is C20H21F2N3O3. The van der Waals surface area contributed by atoms with E-state index in [-0.39, 0.29) is 11.4 Å². The number of rotatable bonds is 8. The largest absolute Gasteiger partial charge is 0.497 e. The Morgan fingerprint density at radius 1 is 1.18 bits per heavy atom. The van der Waals surface area contributed by atoms with E-state index in [0.29, 0.717) is 18.7 Å². The third-order valence-electron chi connectivity index (χ3n) is 4.19. The molecule has 2 aromatic carbocycles. The van der Waals surface area contributed by atoms with Crippen LogP contribution in [0.3, 0.4) is 0 Å². The maximum Gasteiger partial charge on any atom is 0.387 e. The Hall–Kier alpha value is -3.29. The number of benzene rings is 2. The highest BCUT2D eigenvalue weighted by atomic mass is 19.3. The number of nitrogens with one attached hydrogen (secondary N) is 2. The lowest BCUT2D eigenvalue weighted by atomic mass is 10.2. The molecule has 28 heavy (non-hydrogen) atoms. The van der Waals surface area contributed by atoms with Crippen LogP contribution in [0.25, 0.3) is 10.9 Å². The van der Waals surface area contributed by atoms with Gasteiger partial charge in [-0.1, -0.05) is 18.2 Å². The Morgan fingerprint density at radius 2 is 2.00 bits per heavy atom. The molecule has 1 heterocycles. The number of fused-ring (bicyclic) bond motifs is 1. The van der Waals surface area contributed by atoms with Crippen LogP contribution in [-0.4, -0.2) is 30.9 Å². The summed E-state index contributed by atoms with van der Waals surface area (Å²) in [5, 5.41) is 6.40. The average Bonchev–Trinajstić information content (AvgIpc) is 3.09. The van der Waals surface area contributed by atoms with Crippen molar-refractivity contribution in [1.82, 2.24) is 9.88 Å². The monoisotopic (exact) mass is 389 g/mol. The summed E-state index contributed by atoms with van der Waals surface area (Å²) in [5.41, 5.74) is 1.24. The van der Waals surface area contributed by atoms with E-state index >= 15 is 0 Å². The molecule has 2 amide bonds. The Kier molecular flexibility index (Phi) is 6.31. The quantitative estimate of drug-likeness (QED) is 0.559. The van der Waals surface area contributed by atoms with E-state index in [0.717, 1.165) is 17.4 Å². The smallest absolute Gasteiger partial charge is 0.387 e. The molecule has 0 aliphatic rings. The average molecular weight is 389 g/mol. The van der Waals surface area contributed by atoms with Crippen molar-refractivity contribution >= 4 is 22.6 Å². The maximum absolute atomic E-state index is 12.5. The first-order valence-corrected chi connectivity index (χ1v) is 8.78. The zero-order chi connectivity index (χ0) is 19.9. The minimum atomic E-state index is -2.99.